The molecule has 0 aromatic heterocycles. The monoisotopic (exact) mass is 305 g/mol. The maximum Gasteiger partial charge on any atom is -0.00214 e. The van der Waals surface area contributed by atoms with E-state index in [0.29, 0.717) is 0 Å². The average Bonchev–Trinajstić information content (AvgIpc) is 2.55. The van der Waals surface area contributed by atoms with Crippen molar-refractivity contribution in [2.75, 3.05) is 19.6 Å². The van der Waals surface area contributed by atoms with Crippen LogP contribution in [0.4, 0.5) is 0 Å². The Labute approximate surface area is 140 Å². The van der Waals surface area contributed by atoms with E-state index in [1.54, 1.807) is 0 Å². The minimum Gasteiger partial charge on any atom is -0.303 e. The molecule has 1 aromatic rings. The van der Waals surface area contributed by atoms with E-state index in [-0.39, 0.29) is 0 Å². The molecule has 0 spiro atoms. The highest BCUT2D eigenvalue weighted by molar-refractivity contribution is 5.30. The molecule has 0 unspecified atom stereocenters. The first kappa shape index (κ1) is 21.2. The molecule has 0 heterocycles. The highest BCUT2D eigenvalue weighted by Crippen LogP contribution is 2.12. The van der Waals surface area contributed by atoms with Crippen molar-refractivity contribution in [2.24, 2.45) is 0 Å². The number of nitrogens with zero attached hydrogens (tertiary/aromatic N) is 1. The molecule has 1 heteroatoms. The van der Waals surface area contributed by atoms with E-state index >= 15 is 0 Å². The van der Waals surface area contributed by atoms with Crippen LogP contribution in [0.3, 0.4) is 0 Å². The molecule has 0 aliphatic heterocycles. The second-order valence-corrected chi connectivity index (χ2v) is 6.06. The zero-order valence-corrected chi connectivity index (χ0v) is 16.0. The van der Waals surface area contributed by atoms with Gasteiger partial charge in [0, 0.05) is 0 Å². The van der Waals surface area contributed by atoms with Crippen LogP contribution in [-0.4, -0.2) is 24.5 Å². The molecular formula is C21H39N. The lowest BCUT2D eigenvalue weighted by Crippen LogP contribution is -2.25. The van der Waals surface area contributed by atoms with Gasteiger partial charge in [-0.05, 0) is 74.8 Å². The molecule has 128 valence electrons. The van der Waals surface area contributed by atoms with Gasteiger partial charge in [0.2, 0.25) is 0 Å². The van der Waals surface area contributed by atoms with Crippen molar-refractivity contribution in [2.45, 2.75) is 80.1 Å². The van der Waals surface area contributed by atoms with E-state index in [0.717, 1.165) is 19.3 Å². The lowest BCUT2D eigenvalue weighted by Gasteiger charge is -2.19. The van der Waals surface area contributed by atoms with E-state index in [1.807, 2.05) is 0 Å². The van der Waals surface area contributed by atoms with Crippen molar-refractivity contribution in [3.8, 4) is 0 Å². The summed E-state index contributed by atoms with van der Waals surface area (Å²) in [5, 5.41) is 0. The third-order valence-electron chi connectivity index (χ3n) is 3.96. The molecule has 0 aliphatic carbocycles. The van der Waals surface area contributed by atoms with Crippen molar-refractivity contribution >= 4 is 0 Å². The van der Waals surface area contributed by atoms with Gasteiger partial charge in [-0.2, -0.15) is 0 Å². The normalized spacial score (nSPS) is 10.5. The highest BCUT2D eigenvalue weighted by Gasteiger charge is 1.98. The van der Waals surface area contributed by atoms with Gasteiger partial charge >= 0.3 is 0 Å². The standard InChI is InChI=1S/C12H18.C9H21N/c1-4-10-7-11(5-2)9-12(6-3)8-10;1-4-7-10(8-5-2)9-6-3/h7-9H,4-6H2,1-3H3;4-9H2,1-3H3. The Hall–Kier alpha value is -0.820. The first-order chi connectivity index (χ1) is 10.6. The molecule has 0 radical (unpaired) electrons. The summed E-state index contributed by atoms with van der Waals surface area (Å²) in [6.45, 7) is 17.2. The number of benzene rings is 1. The second kappa shape index (κ2) is 13.8. The van der Waals surface area contributed by atoms with Crippen molar-refractivity contribution < 1.29 is 0 Å². The van der Waals surface area contributed by atoms with E-state index in [9.17, 15) is 0 Å². The molecule has 0 aliphatic rings. The SMILES string of the molecule is CCCN(CCC)CCC.CCc1cc(CC)cc(CC)c1. The predicted octanol–water partition coefficient (Wildman–Crippen LogP) is 5.89. The molecular weight excluding hydrogens is 266 g/mol. The largest absolute Gasteiger partial charge is 0.303 e. The van der Waals surface area contributed by atoms with Gasteiger partial charge in [-0.15, -0.1) is 0 Å². The van der Waals surface area contributed by atoms with Crippen LogP contribution in [0.5, 0.6) is 0 Å². The van der Waals surface area contributed by atoms with Gasteiger partial charge in [-0.1, -0.05) is 59.7 Å². The summed E-state index contributed by atoms with van der Waals surface area (Å²) in [5.41, 5.74) is 4.43. The molecule has 1 nitrogen and oxygen atoms in total. The molecule has 0 fully saturated rings. The topological polar surface area (TPSA) is 3.24 Å². The average molecular weight is 306 g/mol. The van der Waals surface area contributed by atoms with Crippen molar-refractivity contribution in [3.05, 3.63) is 34.9 Å². The first-order valence-corrected chi connectivity index (χ1v) is 9.48. The number of aryl methyl sites for hydroxylation is 3. The molecule has 0 amide bonds. The Balaban J connectivity index is 0.000000409. The van der Waals surface area contributed by atoms with Crippen molar-refractivity contribution in [1.29, 1.82) is 0 Å². The molecule has 0 N–H and O–H groups in total. The number of hydrogen-bond acceptors (Lipinski definition) is 1. The van der Waals surface area contributed by atoms with E-state index in [4.69, 9.17) is 0 Å². The predicted molar refractivity (Wildman–Crippen MR) is 102 cm³/mol. The minimum atomic E-state index is 1.15. The van der Waals surface area contributed by atoms with Crippen LogP contribution in [0.1, 0.15) is 77.5 Å². The number of rotatable bonds is 9. The second-order valence-electron chi connectivity index (χ2n) is 6.06. The summed E-state index contributed by atoms with van der Waals surface area (Å²) in [6.07, 6.45) is 7.34. The van der Waals surface area contributed by atoms with Gasteiger partial charge in [0.25, 0.3) is 0 Å². The van der Waals surface area contributed by atoms with Gasteiger partial charge in [-0.25, -0.2) is 0 Å². The third kappa shape index (κ3) is 9.25. The van der Waals surface area contributed by atoms with Gasteiger partial charge in [0.05, 0.1) is 0 Å². The van der Waals surface area contributed by atoms with E-state index in [2.05, 4.69) is 64.6 Å². The van der Waals surface area contributed by atoms with Crippen molar-refractivity contribution in [3.63, 3.8) is 0 Å². The Morgan fingerprint density at radius 2 is 0.818 bits per heavy atom. The summed E-state index contributed by atoms with van der Waals surface area (Å²) < 4.78 is 0. The van der Waals surface area contributed by atoms with Gasteiger partial charge in [0.15, 0.2) is 0 Å². The van der Waals surface area contributed by atoms with E-state index in [1.165, 1.54) is 55.6 Å². The Morgan fingerprint density at radius 1 is 0.545 bits per heavy atom. The van der Waals surface area contributed by atoms with Crippen LogP contribution in [0.25, 0.3) is 0 Å². The zero-order chi connectivity index (χ0) is 16.8. The summed E-state index contributed by atoms with van der Waals surface area (Å²) >= 11 is 0. The molecule has 22 heavy (non-hydrogen) atoms. The fraction of sp³-hybridized carbons (Fsp3) is 0.714. The first-order valence-electron chi connectivity index (χ1n) is 9.48. The molecule has 1 rings (SSSR count). The summed E-state index contributed by atoms with van der Waals surface area (Å²) in [4.78, 5) is 2.54. The molecule has 0 atom stereocenters. The van der Waals surface area contributed by atoms with Gasteiger partial charge in [-0.3, -0.25) is 0 Å². The van der Waals surface area contributed by atoms with Crippen LogP contribution >= 0.6 is 0 Å². The quantitative estimate of drug-likeness (QED) is 0.549. The van der Waals surface area contributed by atoms with Gasteiger partial charge in [0.1, 0.15) is 0 Å². The fourth-order valence-electron chi connectivity index (χ4n) is 2.74. The fourth-order valence-corrected chi connectivity index (χ4v) is 2.74. The van der Waals surface area contributed by atoms with Crippen molar-refractivity contribution in [1.82, 2.24) is 4.90 Å². The Kier molecular flexibility index (Phi) is 13.3. The Morgan fingerprint density at radius 3 is 1.00 bits per heavy atom. The lowest BCUT2D eigenvalue weighted by atomic mass is 10.0. The third-order valence-corrected chi connectivity index (χ3v) is 3.96. The van der Waals surface area contributed by atoms with Crippen LogP contribution in [0.15, 0.2) is 18.2 Å². The number of hydrogen-bond donors (Lipinski definition) is 0. The maximum atomic E-state index is 2.54. The lowest BCUT2D eigenvalue weighted by molar-refractivity contribution is 0.275. The molecule has 0 bridgehead atoms. The summed E-state index contributed by atoms with van der Waals surface area (Å²) in [6, 6.07) is 6.96. The summed E-state index contributed by atoms with van der Waals surface area (Å²) in [5.74, 6) is 0. The Bertz CT molecular complexity index is 301. The highest BCUT2D eigenvalue weighted by atomic mass is 15.1. The minimum absolute atomic E-state index is 1.15. The molecule has 1 aromatic carbocycles. The van der Waals surface area contributed by atoms with Crippen LogP contribution < -0.4 is 0 Å². The maximum absolute atomic E-state index is 2.54. The zero-order valence-electron chi connectivity index (χ0n) is 16.0. The van der Waals surface area contributed by atoms with Crippen LogP contribution in [0, 0.1) is 0 Å². The van der Waals surface area contributed by atoms with Crippen LogP contribution in [0.2, 0.25) is 0 Å². The van der Waals surface area contributed by atoms with E-state index < -0.39 is 0 Å². The van der Waals surface area contributed by atoms with Crippen LogP contribution in [-0.2, 0) is 19.3 Å². The summed E-state index contributed by atoms with van der Waals surface area (Å²) in [7, 11) is 0. The van der Waals surface area contributed by atoms with Gasteiger partial charge < -0.3 is 4.90 Å². The molecule has 0 saturated carbocycles. The molecule has 0 saturated heterocycles. The smallest absolute Gasteiger partial charge is 0.00214 e.